The van der Waals surface area contributed by atoms with Gasteiger partial charge in [-0.2, -0.15) is 5.26 Å². The number of nitrogens with one attached hydrogen (secondary N) is 1. The maximum Gasteiger partial charge on any atom is 0.151 e. The standard InChI is InChI=1S/C11H11BrN2O/c12-9-2-1-3-10(6-9)14-11(7-13)4-5-15-8-11/h1-3,6,14H,4-5,8H2. The topological polar surface area (TPSA) is 45.0 Å². The van der Waals surface area contributed by atoms with E-state index in [2.05, 4.69) is 27.3 Å². The summed E-state index contributed by atoms with van der Waals surface area (Å²) in [5.74, 6) is 0. The minimum absolute atomic E-state index is 0.454. The zero-order chi connectivity index (χ0) is 10.7. The highest BCUT2D eigenvalue weighted by Gasteiger charge is 2.34. The van der Waals surface area contributed by atoms with Crippen molar-refractivity contribution >= 4 is 21.6 Å². The molecule has 0 amide bonds. The molecule has 0 aliphatic carbocycles. The van der Waals surface area contributed by atoms with Gasteiger partial charge in [0.1, 0.15) is 0 Å². The smallest absolute Gasteiger partial charge is 0.151 e. The van der Waals surface area contributed by atoms with Crippen molar-refractivity contribution in [1.82, 2.24) is 0 Å². The molecule has 1 heterocycles. The number of hydrogen-bond donors (Lipinski definition) is 1. The van der Waals surface area contributed by atoms with E-state index >= 15 is 0 Å². The van der Waals surface area contributed by atoms with E-state index in [0.717, 1.165) is 16.6 Å². The summed E-state index contributed by atoms with van der Waals surface area (Å²) in [6.45, 7) is 1.10. The first-order chi connectivity index (χ1) is 7.24. The average molecular weight is 267 g/mol. The van der Waals surface area contributed by atoms with Gasteiger partial charge in [0.25, 0.3) is 0 Å². The monoisotopic (exact) mass is 266 g/mol. The fraction of sp³-hybridized carbons (Fsp3) is 0.364. The van der Waals surface area contributed by atoms with Gasteiger partial charge >= 0.3 is 0 Å². The second kappa shape index (κ2) is 4.21. The molecule has 15 heavy (non-hydrogen) atoms. The Kier molecular flexibility index (Phi) is 2.94. The van der Waals surface area contributed by atoms with Gasteiger partial charge < -0.3 is 10.1 Å². The van der Waals surface area contributed by atoms with E-state index < -0.39 is 5.54 Å². The molecular weight excluding hydrogens is 256 g/mol. The van der Waals surface area contributed by atoms with Crippen LogP contribution in [0.5, 0.6) is 0 Å². The van der Waals surface area contributed by atoms with Crippen molar-refractivity contribution in [3.8, 4) is 6.07 Å². The molecule has 1 fully saturated rings. The fourth-order valence-corrected chi connectivity index (χ4v) is 2.02. The Balaban J connectivity index is 2.17. The van der Waals surface area contributed by atoms with Crippen molar-refractivity contribution in [3.63, 3.8) is 0 Å². The maximum atomic E-state index is 9.14. The van der Waals surface area contributed by atoms with Crippen molar-refractivity contribution in [1.29, 1.82) is 5.26 Å². The molecule has 1 atom stereocenters. The third-order valence-corrected chi connectivity index (χ3v) is 2.94. The number of anilines is 1. The fourth-order valence-electron chi connectivity index (χ4n) is 1.62. The predicted molar refractivity (Wildman–Crippen MR) is 61.5 cm³/mol. The van der Waals surface area contributed by atoms with Crippen molar-refractivity contribution < 1.29 is 4.74 Å². The van der Waals surface area contributed by atoms with Gasteiger partial charge in [-0.3, -0.25) is 0 Å². The van der Waals surface area contributed by atoms with E-state index in [1.54, 1.807) is 0 Å². The normalized spacial score (nSPS) is 24.8. The Bertz CT molecular complexity index is 394. The molecule has 1 saturated heterocycles. The largest absolute Gasteiger partial charge is 0.378 e. The number of halogens is 1. The highest BCUT2D eigenvalue weighted by Crippen LogP contribution is 2.25. The molecule has 78 valence electrons. The molecule has 0 bridgehead atoms. The van der Waals surface area contributed by atoms with Crippen molar-refractivity contribution in [2.24, 2.45) is 0 Å². The maximum absolute atomic E-state index is 9.14. The van der Waals surface area contributed by atoms with E-state index in [1.807, 2.05) is 24.3 Å². The highest BCUT2D eigenvalue weighted by molar-refractivity contribution is 9.10. The lowest BCUT2D eigenvalue weighted by Crippen LogP contribution is -2.36. The predicted octanol–water partition coefficient (Wildman–Crippen LogP) is 2.54. The summed E-state index contributed by atoms with van der Waals surface area (Å²) in [5.41, 5.74) is 0.386. The molecule has 4 heteroatoms. The lowest BCUT2D eigenvalue weighted by Gasteiger charge is -2.21. The highest BCUT2D eigenvalue weighted by atomic mass is 79.9. The molecule has 1 aliphatic rings. The van der Waals surface area contributed by atoms with E-state index in [1.165, 1.54) is 0 Å². The summed E-state index contributed by atoms with van der Waals surface area (Å²) in [6.07, 6.45) is 0.732. The molecule has 1 unspecified atom stereocenters. The Labute approximate surface area is 97.2 Å². The number of benzene rings is 1. The van der Waals surface area contributed by atoms with E-state index in [0.29, 0.717) is 13.2 Å². The molecule has 0 saturated carbocycles. The molecule has 2 rings (SSSR count). The first kappa shape index (κ1) is 10.5. The number of rotatable bonds is 2. The van der Waals surface area contributed by atoms with Crippen LogP contribution < -0.4 is 5.32 Å². The first-order valence-electron chi connectivity index (χ1n) is 4.77. The van der Waals surface area contributed by atoms with E-state index in [-0.39, 0.29) is 0 Å². The van der Waals surface area contributed by atoms with Crippen LogP contribution >= 0.6 is 15.9 Å². The third-order valence-electron chi connectivity index (χ3n) is 2.44. The van der Waals surface area contributed by atoms with Crippen LogP contribution in [0.15, 0.2) is 28.7 Å². The van der Waals surface area contributed by atoms with Gasteiger partial charge in [0.2, 0.25) is 0 Å². The number of hydrogen-bond acceptors (Lipinski definition) is 3. The summed E-state index contributed by atoms with van der Waals surface area (Å²) in [6, 6.07) is 10.1. The van der Waals surface area contributed by atoms with Crippen LogP contribution in [0.2, 0.25) is 0 Å². The number of nitrogens with zero attached hydrogens (tertiary/aromatic N) is 1. The molecule has 1 N–H and O–H groups in total. The van der Waals surface area contributed by atoms with Gasteiger partial charge in [0.15, 0.2) is 5.54 Å². The number of nitriles is 1. The van der Waals surface area contributed by atoms with E-state index in [4.69, 9.17) is 10.00 Å². The van der Waals surface area contributed by atoms with Crippen molar-refractivity contribution in [3.05, 3.63) is 28.7 Å². The number of ether oxygens (including phenoxy) is 1. The Morgan fingerprint density at radius 1 is 1.53 bits per heavy atom. The Hall–Kier alpha value is -1.05. The quantitative estimate of drug-likeness (QED) is 0.895. The molecule has 1 aromatic carbocycles. The lowest BCUT2D eigenvalue weighted by molar-refractivity contribution is 0.189. The van der Waals surface area contributed by atoms with Crippen LogP contribution in [0.25, 0.3) is 0 Å². The zero-order valence-electron chi connectivity index (χ0n) is 8.16. The minimum Gasteiger partial charge on any atom is -0.378 e. The SMILES string of the molecule is N#CC1(Nc2cccc(Br)c2)CCOC1. The molecule has 1 aromatic rings. The van der Waals surface area contributed by atoms with Crippen LogP contribution in [0, 0.1) is 11.3 Å². The van der Waals surface area contributed by atoms with Gasteiger partial charge in [-0.15, -0.1) is 0 Å². The first-order valence-corrected chi connectivity index (χ1v) is 5.56. The molecule has 0 spiro atoms. The second-order valence-corrected chi connectivity index (χ2v) is 4.55. The molecule has 0 aromatic heterocycles. The summed E-state index contributed by atoms with van der Waals surface area (Å²) in [7, 11) is 0. The Morgan fingerprint density at radius 3 is 3.00 bits per heavy atom. The van der Waals surface area contributed by atoms with Crippen molar-refractivity contribution in [2.45, 2.75) is 12.0 Å². The molecular formula is C11H11BrN2O. The van der Waals surface area contributed by atoms with Crippen LogP contribution in [-0.2, 0) is 4.74 Å². The summed E-state index contributed by atoms with van der Waals surface area (Å²) < 4.78 is 6.26. The lowest BCUT2D eigenvalue weighted by atomic mass is 10.0. The van der Waals surface area contributed by atoms with Crippen LogP contribution in [0.1, 0.15) is 6.42 Å². The summed E-state index contributed by atoms with van der Waals surface area (Å²) >= 11 is 3.40. The van der Waals surface area contributed by atoms with E-state index in [9.17, 15) is 0 Å². The van der Waals surface area contributed by atoms with Gasteiger partial charge in [-0.05, 0) is 18.2 Å². The van der Waals surface area contributed by atoms with Gasteiger partial charge in [-0.25, -0.2) is 0 Å². The third kappa shape index (κ3) is 2.31. The minimum atomic E-state index is -0.555. The summed E-state index contributed by atoms with van der Waals surface area (Å²) in [4.78, 5) is 0. The van der Waals surface area contributed by atoms with Crippen LogP contribution in [0.4, 0.5) is 5.69 Å². The Morgan fingerprint density at radius 2 is 2.40 bits per heavy atom. The van der Waals surface area contributed by atoms with Crippen LogP contribution in [0.3, 0.4) is 0 Å². The van der Waals surface area contributed by atoms with Crippen LogP contribution in [-0.4, -0.2) is 18.8 Å². The van der Waals surface area contributed by atoms with Gasteiger partial charge in [0.05, 0.1) is 19.3 Å². The molecule has 0 radical (unpaired) electrons. The second-order valence-electron chi connectivity index (χ2n) is 3.63. The summed E-state index contributed by atoms with van der Waals surface area (Å²) in [5, 5.41) is 12.4. The van der Waals surface area contributed by atoms with Gasteiger partial charge in [0, 0.05) is 16.6 Å². The zero-order valence-corrected chi connectivity index (χ0v) is 9.75. The van der Waals surface area contributed by atoms with Crippen molar-refractivity contribution in [2.75, 3.05) is 18.5 Å². The molecule has 3 nitrogen and oxygen atoms in total. The molecule has 1 aliphatic heterocycles. The average Bonchev–Trinajstić information content (AvgIpc) is 2.67. The van der Waals surface area contributed by atoms with Gasteiger partial charge in [-0.1, -0.05) is 22.0 Å².